The van der Waals surface area contributed by atoms with Crippen LogP contribution in [-0.4, -0.2) is 38.3 Å². The summed E-state index contributed by atoms with van der Waals surface area (Å²) in [6, 6.07) is 14.3. The van der Waals surface area contributed by atoms with Crippen LogP contribution in [0.5, 0.6) is 0 Å². The third kappa shape index (κ3) is 3.75. The number of benzene rings is 1. The summed E-state index contributed by atoms with van der Waals surface area (Å²) in [6.07, 6.45) is 2.05. The first-order valence-electron chi connectivity index (χ1n) is 11.4. The Balaban J connectivity index is 1.44. The molecule has 0 N–H and O–H groups in total. The van der Waals surface area contributed by atoms with Crippen LogP contribution < -0.4 is 11.2 Å². The Morgan fingerprint density at radius 1 is 0.972 bits per heavy atom. The number of fused-ring (bicyclic) bond motifs is 4. The lowest BCUT2D eigenvalue weighted by molar-refractivity contribution is 0.580. The van der Waals surface area contributed by atoms with Crippen LogP contribution >= 0.6 is 11.6 Å². The molecule has 0 bridgehead atoms. The fraction of sp³-hybridized carbons (Fsp3) is 0.200. The van der Waals surface area contributed by atoms with Gasteiger partial charge in [0.2, 0.25) is 0 Å². The van der Waals surface area contributed by atoms with Crippen molar-refractivity contribution in [2.45, 2.75) is 33.4 Å². The van der Waals surface area contributed by atoms with Crippen LogP contribution in [0.3, 0.4) is 0 Å². The first kappa shape index (κ1) is 22.2. The minimum Gasteiger partial charge on any atom is -0.286 e. The molecule has 10 nitrogen and oxygen atoms in total. The minimum absolute atomic E-state index is 0.102. The van der Waals surface area contributed by atoms with Gasteiger partial charge in [-0.05, 0) is 44.2 Å². The molecule has 0 aliphatic rings. The maximum Gasteiger partial charge on any atom is 0.351 e. The van der Waals surface area contributed by atoms with Crippen molar-refractivity contribution >= 4 is 33.8 Å². The predicted molar refractivity (Wildman–Crippen MR) is 136 cm³/mol. The Morgan fingerprint density at radius 3 is 2.61 bits per heavy atom. The third-order valence-corrected chi connectivity index (χ3v) is 6.37. The van der Waals surface area contributed by atoms with Crippen molar-refractivity contribution in [1.82, 2.24) is 38.3 Å². The Hall–Kier alpha value is -4.31. The van der Waals surface area contributed by atoms with Crippen molar-refractivity contribution < 1.29 is 0 Å². The first-order chi connectivity index (χ1) is 17.4. The summed E-state index contributed by atoms with van der Waals surface area (Å²) in [6.45, 7) is 4.67. The Labute approximate surface area is 209 Å². The molecule has 0 atom stereocenters. The van der Waals surface area contributed by atoms with Crippen molar-refractivity contribution in [3.8, 4) is 0 Å². The Bertz CT molecular complexity index is 1910. The third-order valence-electron chi connectivity index (χ3n) is 6.15. The van der Waals surface area contributed by atoms with E-state index in [1.165, 1.54) is 21.2 Å². The Kier molecular flexibility index (Phi) is 5.18. The van der Waals surface area contributed by atoms with Crippen molar-refractivity contribution in [3.63, 3.8) is 0 Å². The van der Waals surface area contributed by atoms with E-state index in [2.05, 4.69) is 20.2 Å². The van der Waals surface area contributed by atoms with E-state index in [0.29, 0.717) is 46.3 Å². The summed E-state index contributed by atoms with van der Waals surface area (Å²) >= 11 is 6.02. The number of halogens is 1. The molecule has 11 heteroatoms. The van der Waals surface area contributed by atoms with E-state index >= 15 is 0 Å². The monoisotopic (exact) mass is 500 g/mol. The molecule has 0 saturated carbocycles. The SMILES string of the molecule is Cc1cc(C)n(CCc2nc3c4ccccc4n(Cc4cc(=O)n5cc(Cl)ccc5n4)c(=O)n3n2)n1. The predicted octanol–water partition coefficient (Wildman–Crippen LogP) is 2.81. The van der Waals surface area contributed by atoms with Gasteiger partial charge in [-0.15, -0.1) is 5.10 Å². The number of hydrogen-bond acceptors (Lipinski definition) is 6. The molecule has 5 aromatic heterocycles. The van der Waals surface area contributed by atoms with Gasteiger partial charge < -0.3 is 0 Å². The second-order valence-electron chi connectivity index (χ2n) is 8.71. The van der Waals surface area contributed by atoms with Gasteiger partial charge in [-0.2, -0.15) is 9.61 Å². The fourth-order valence-corrected chi connectivity index (χ4v) is 4.67. The highest BCUT2D eigenvalue weighted by molar-refractivity contribution is 6.30. The van der Waals surface area contributed by atoms with Gasteiger partial charge in [0.05, 0.1) is 28.5 Å². The van der Waals surface area contributed by atoms with Gasteiger partial charge in [-0.25, -0.2) is 14.8 Å². The maximum absolute atomic E-state index is 13.6. The summed E-state index contributed by atoms with van der Waals surface area (Å²) < 4.78 is 6.18. The lowest BCUT2D eigenvalue weighted by Crippen LogP contribution is -2.29. The van der Waals surface area contributed by atoms with Crippen LogP contribution in [0.15, 0.2) is 64.3 Å². The highest BCUT2D eigenvalue weighted by Crippen LogP contribution is 2.18. The van der Waals surface area contributed by atoms with Crippen LogP contribution in [0.2, 0.25) is 5.02 Å². The van der Waals surface area contributed by atoms with E-state index in [-0.39, 0.29) is 17.8 Å². The molecular weight excluding hydrogens is 480 g/mol. The molecule has 0 fully saturated rings. The fourth-order valence-electron chi connectivity index (χ4n) is 4.51. The van der Waals surface area contributed by atoms with Gasteiger partial charge in [-0.3, -0.25) is 18.4 Å². The molecule has 1 aromatic carbocycles. The highest BCUT2D eigenvalue weighted by Gasteiger charge is 2.16. The first-order valence-corrected chi connectivity index (χ1v) is 11.8. The summed E-state index contributed by atoms with van der Waals surface area (Å²) in [5.41, 5.74) is 3.47. The normalized spacial score (nSPS) is 11.8. The molecule has 6 rings (SSSR count). The van der Waals surface area contributed by atoms with Crippen molar-refractivity contribution in [3.05, 3.63) is 103 Å². The van der Waals surface area contributed by atoms with Crippen LogP contribution in [0.4, 0.5) is 0 Å². The number of hydrogen-bond donors (Lipinski definition) is 0. The molecule has 0 saturated heterocycles. The smallest absolute Gasteiger partial charge is 0.286 e. The number of para-hydroxylation sites is 1. The molecule has 0 spiro atoms. The number of aromatic nitrogens is 8. The van der Waals surface area contributed by atoms with E-state index in [4.69, 9.17) is 11.6 Å². The van der Waals surface area contributed by atoms with Crippen molar-refractivity contribution in [2.75, 3.05) is 0 Å². The van der Waals surface area contributed by atoms with Gasteiger partial charge in [0.1, 0.15) is 5.65 Å². The topological polar surface area (TPSA) is 104 Å². The quantitative estimate of drug-likeness (QED) is 0.360. The van der Waals surface area contributed by atoms with Gasteiger partial charge in [0, 0.05) is 36.3 Å². The number of rotatable bonds is 5. The van der Waals surface area contributed by atoms with Gasteiger partial charge in [-0.1, -0.05) is 23.7 Å². The average molecular weight is 501 g/mol. The molecular formula is C25H21ClN8O2. The lowest BCUT2D eigenvalue weighted by atomic mass is 10.2. The molecule has 0 aliphatic carbocycles. The number of pyridine rings is 1. The zero-order valence-corrected chi connectivity index (χ0v) is 20.3. The molecule has 0 amide bonds. The molecule has 0 unspecified atom stereocenters. The van der Waals surface area contributed by atoms with Crippen LogP contribution in [0.25, 0.3) is 22.2 Å². The minimum atomic E-state index is -0.355. The molecule has 0 radical (unpaired) electrons. The Morgan fingerprint density at radius 2 is 1.81 bits per heavy atom. The second kappa shape index (κ2) is 8.42. The number of aryl methyl sites for hydroxylation is 4. The summed E-state index contributed by atoms with van der Waals surface area (Å²) in [4.78, 5) is 35.5. The van der Waals surface area contributed by atoms with Crippen LogP contribution in [0.1, 0.15) is 22.9 Å². The molecule has 5 heterocycles. The zero-order valence-electron chi connectivity index (χ0n) is 19.6. The van der Waals surface area contributed by atoms with Crippen LogP contribution in [-0.2, 0) is 19.5 Å². The van der Waals surface area contributed by atoms with E-state index in [1.54, 1.807) is 16.7 Å². The van der Waals surface area contributed by atoms with Gasteiger partial charge >= 0.3 is 5.69 Å². The zero-order chi connectivity index (χ0) is 25.0. The van der Waals surface area contributed by atoms with Crippen molar-refractivity contribution in [1.29, 1.82) is 0 Å². The molecule has 36 heavy (non-hydrogen) atoms. The van der Waals surface area contributed by atoms with Crippen LogP contribution in [0, 0.1) is 13.8 Å². The van der Waals surface area contributed by atoms with E-state index in [1.807, 2.05) is 48.9 Å². The number of nitrogens with zero attached hydrogens (tertiary/aromatic N) is 8. The summed E-state index contributed by atoms with van der Waals surface area (Å²) in [5, 5.41) is 10.2. The molecule has 180 valence electrons. The lowest BCUT2D eigenvalue weighted by Gasteiger charge is -2.11. The molecule has 6 aromatic rings. The van der Waals surface area contributed by atoms with E-state index < -0.39 is 0 Å². The highest BCUT2D eigenvalue weighted by atomic mass is 35.5. The van der Waals surface area contributed by atoms with Gasteiger partial charge in [0.15, 0.2) is 11.5 Å². The summed E-state index contributed by atoms with van der Waals surface area (Å²) in [7, 11) is 0. The standard InChI is InChI=1S/C25H21ClN8O2/c1-15-11-16(2)33(29-15)10-9-21-28-24-19-5-3-4-6-20(19)31(25(36)34(24)30-21)14-18-12-23(35)32-13-17(26)7-8-22(32)27-18/h3-8,11-13H,9-10,14H2,1-2H3. The van der Waals surface area contributed by atoms with E-state index in [9.17, 15) is 9.59 Å². The van der Waals surface area contributed by atoms with Gasteiger partial charge in [0.25, 0.3) is 5.56 Å². The maximum atomic E-state index is 13.6. The largest absolute Gasteiger partial charge is 0.351 e. The average Bonchev–Trinajstić information content (AvgIpc) is 3.43. The second-order valence-corrected chi connectivity index (χ2v) is 9.15. The van der Waals surface area contributed by atoms with Crippen molar-refractivity contribution in [2.24, 2.45) is 0 Å². The molecule has 0 aliphatic heterocycles. The van der Waals surface area contributed by atoms with E-state index in [0.717, 1.165) is 16.8 Å². The summed E-state index contributed by atoms with van der Waals surface area (Å²) in [5.74, 6) is 0.557.